The number of ether oxygens (including phenoxy) is 2. The summed E-state index contributed by atoms with van der Waals surface area (Å²) in [6, 6.07) is 10.4. The van der Waals surface area contributed by atoms with E-state index in [0.717, 1.165) is 0 Å². The van der Waals surface area contributed by atoms with Gasteiger partial charge in [-0.2, -0.15) is 18.3 Å². The van der Waals surface area contributed by atoms with E-state index in [-0.39, 0.29) is 52.5 Å². The molecule has 15 heteroatoms. The highest BCUT2D eigenvalue weighted by Crippen LogP contribution is 2.31. The van der Waals surface area contributed by atoms with E-state index in [4.69, 9.17) is 15.2 Å². The van der Waals surface area contributed by atoms with Crippen LogP contribution in [0.25, 0.3) is 27.5 Å². The van der Waals surface area contributed by atoms with Crippen molar-refractivity contribution in [3.05, 3.63) is 72.1 Å². The van der Waals surface area contributed by atoms with Gasteiger partial charge in [-0.3, -0.25) is 9.59 Å². The van der Waals surface area contributed by atoms with E-state index >= 15 is 0 Å². The molecule has 1 aliphatic rings. The van der Waals surface area contributed by atoms with E-state index in [9.17, 15) is 27.9 Å². The van der Waals surface area contributed by atoms with Crippen LogP contribution in [0.3, 0.4) is 0 Å². The molecule has 5 aromatic rings. The molecule has 246 valence electrons. The van der Waals surface area contributed by atoms with Crippen molar-refractivity contribution in [1.82, 2.24) is 29.7 Å². The lowest BCUT2D eigenvalue weighted by Gasteiger charge is -2.28. The molecule has 0 saturated heterocycles. The number of nitrogens with two attached hydrogens (primary N) is 1. The molecule has 0 radical (unpaired) electrons. The van der Waals surface area contributed by atoms with Crippen molar-refractivity contribution < 1.29 is 37.3 Å². The molecule has 0 atom stereocenters. The van der Waals surface area contributed by atoms with Crippen molar-refractivity contribution in [2.75, 3.05) is 6.61 Å². The summed E-state index contributed by atoms with van der Waals surface area (Å²) in [5.41, 5.74) is 6.36. The van der Waals surface area contributed by atoms with Crippen molar-refractivity contribution in [2.24, 2.45) is 5.73 Å². The Morgan fingerprint density at radius 1 is 1.06 bits per heavy atom. The number of alkyl halides is 2. The van der Waals surface area contributed by atoms with Crippen LogP contribution in [-0.4, -0.2) is 65.7 Å². The number of halogens is 3. The number of hydrogen-bond donors (Lipinski definition) is 3. The number of carbonyl (C=O) groups is 2. The molecule has 4 aromatic heterocycles. The summed E-state index contributed by atoms with van der Waals surface area (Å²) in [6.45, 7) is 0.0612. The van der Waals surface area contributed by atoms with Gasteiger partial charge in [-0.1, -0.05) is 6.07 Å². The van der Waals surface area contributed by atoms with E-state index in [2.05, 4.69) is 20.5 Å². The summed E-state index contributed by atoms with van der Waals surface area (Å²) in [5.74, 6) is -1.57. The van der Waals surface area contributed by atoms with Crippen molar-refractivity contribution in [3.8, 4) is 22.8 Å². The molecule has 0 aliphatic heterocycles. The Hall–Kier alpha value is -5.18. The van der Waals surface area contributed by atoms with E-state index < -0.39 is 29.9 Å². The molecule has 1 aliphatic carbocycles. The highest BCUT2D eigenvalue weighted by atomic mass is 19.3. The van der Waals surface area contributed by atoms with E-state index in [1.807, 2.05) is 0 Å². The second-order valence-electron chi connectivity index (χ2n) is 12.1. The molecule has 1 saturated carbocycles. The first kappa shape index (κ1) is 31.8. The molecule has 12 nitrogen and oxygen atoms in total. The van der Waals surface area contributed by atoms with Crippen LogP contribution < -0.4 is 20.5 Å². The second-order valence-corrected chi connectivity index (χ2v) is 12.1. The second kappa shape index (κ2) is 12.5. The first-order valence-electron chi connectivity index (χ1n) is 14.9. The number of aromatic nitrogens is 5. The van der Waals surface area contributed by atoms with Crippen molar-refractivity contribution in [2.45, 2.75) is 63.8 Å². The van der Waals surface area contributed by atoms with Gasteiger partial charge in [-0.15, -0.1) is 5.10 Å². The van der Waals surface area contributed by atoms with Gasteiger partial charge in [0.25, 0.3) is 11.8 Å². The molecule has 0 bridgehead atoms. The molecular formula is C32H32F3N7O5. The molecule has 47 heavy (non-hydrogen) atoms. The minimum atomic E-state index is -2.99. The molecule has 1 fully saturated rings. The zero-order valence-corrected chi connectivity index (χ0v) is 25.5. The summed E-state index contributed by atoms with van der Waals surface area (Å²) < 4.78 is 54.6. The minimum absolute atomic E-state index is 0.0228. The predicted octanol–water partition coefficient (Wildman–Crippen LogP) is 4.65. The Bertz CT molecular complexity index is 1940. The molecule has 1 aromatic carbocycles. The van der Waals surface area contributed by atoms with Gasteiger partial charge in [0.15, 0.2) is 5.69 Å². The number of fused-ring (bicyclic) bond motifs is 2. The lowest BCUT2D eigenvalue weighted by atomic mass is 9.92. The maximum absolute atomic E-state index is 13.8. The minimum Gasteiger partial charge on any atom is -0.491 e. The number of nitrogens with one attached hydrogen (secondary N) is 1. The number of nitrogens with zero attached hydrogens (tertiary/aromatic N) is 5. The topological polar surface area (TPSA) is 159 Å². The van der Waals surface area contributed by atoms with Crippen LogP contribution in [-0.2, 0) is 0 Å². The highest BCUT2D eigenvalue weighted by Gasteiger charge is 2.29. The number of aliphatic hydroxyl groups is 1. The zero-order chi connectivity index (χ0) is 33.5. The molecule has 0 unspecified atom stereocenters. The Morgan fingerprint density at radius 2 is 1.81 bits per heavy atom. The normalized spacial score (nSPS) is 16.9. The number of primary amides is 1. The van der Waals surface area contributed by atoms with Gasteiger partial charge in [-0.25, -0.2) is 14.2 Å². The Labute approximate surface area is 266 Å². The van der Waals surface area contributed by atoms with Crippen LogP contribution in [0.5, 0.6) is 11.6 Å². The van der Waals surface area contributed by atoms with Gasteiger partial charge in [0.2, 0.25) is 11.8 Å². The zero-order valence-electron chi connectivity index (χ0n) is 25.5. The molecule has 6 rings (SSSR count). The van der Waals surface area contributed by atoms with Gasteiger partial charge < -0.3 is 25.6 Å². The van der Waals surface area contributed by atoms with Crippen LogP contribution in [0.4, 0.5) is 13.2 Å². The van der Waals surface area contributed by atoms with Gasteiger partial charge >= 0.3 is 6.55 Å². The predicted molar refractivity (Wildman–Crippen MR) is 164 cm³/mol. The van der Waals surface area contributed by atoms with Gasteiger partial charge in [-0.05, 0) is 69.9 Å². The third-order valence-corrected chi connectivity index (χ3v) is 7.86. The van der Waals surface area contributed by atoms with Crippen molar-refractivity contribution >= 4 is 28.2 Å². The first-order valence-corrected chi connectivity index (χ1v) is 14.9. The smallest absolute Gasteiger partial charge is 0.333 e. The fraction of sp³-hybridized carbons (Fsp3) is 0.344. The van der Waals surface area contributed by atoms with Crippen LogP contribution in [0.2, 0.25) is 0 Å². The molecule has 2 amide bonds. The highest BCUT2D eigenvalue weighted by molar-refractivity contribution is 6.05. The maximum atomic E-state index is 13.8. The summed E-state index contributed by atoms with van der Waals surface area (Å²) in [6.07, 6.45) is 4.78. The lowest BCUT2D eigenvalue weighted by molar-refractivity contribution is 0.0284. The molecule has 4 heterocycles. The lowest BCUT2D eigenvalue weighted by Crippen LogP contribution is -2.40. The standard InChI is InChI=1S/C32H32F3N7O5/c1-32(2,45)16-46-21-9-10-22-24(13-21)42(31(34)35)39-27(22)29(44)38-19-5-7-20(8-6-19)47-30-26(28(36)43)23-11-3-18(15-41(23)40-30)17-4-12-25(33)37-14-17/h3-4,9-15,19-20,31,45H,5-8,16H2,1-2H3,(H2,36,43)(H,38,44). The monoisotopic (exact) mass is 651 g/mol. The largest absolute Gasteiger partial charge is 0.491 e. The average molecular weight is 652 g/mol. The fourth-order valence-corrected chi connectivity index (χ4v) is 5.58. The fourth-order valence-electron chi connectivity index (χ4n) is 5.58. The maximum Gasteiger partial charge on any atom is 0.333 e. The summed E-state index contributed by atoms with van der Waals surface area (Å²) in [5, 5.41) is 21.4. The van der Waals surface area contributed by atoms with Gasteiger partial charge in [0.1, 0.15) is 24.0 Å². The van der Waals surface area contributed by atoms with E-state index in [1.54, 1.807) is 38.2 Å². The summed E-state index contributed by atoms with van der Waals surface area (Å²) >= 11 is 0. The summed E-state index contributed by atoms with van der Waals surface area (Å²) in [4.78, 5) is 29.3. The number of benzene rings is 1. The average Bonchev–Trinajstić information content (AvgIpc) is 3.59. The summed E-state index contributed by atoms with van der Waals surface area (Å²) in [7, 11) is 0. The van der Waals surface area contributed by atoms with E-state index in [0.29, 0.717) is 47.0 Å². The molecular weight excluding hydrogens is 619 g/mol. The Balaban J connectivity index is 1.13. The van der Waals surface area contributed by atoms with Crippen molar-refractivity contribution in [3.63, 3.8) is 0 Å². The van der Waals surface area contributed by atoms with Crippen LogP contribution in [0.1, 0.15) is 66.9 Å². The number of pyridine rings is 2. The van der Waals surface area contributed by atoms with Crippen LogP contribution in [0, 0.1) is 5.95 Å². The van der Waals surface area contributed by atoms with Gasteiger partial charge in [0.05, 0.1) is 16.6 Å². The molecule has 4 N–H and O–H groups in total. The van der Waals surface area contributed by atoms with Gasteiger partial charge in [0, 0.05) is 41.0 Å². The number of amides is 2. The first-order chi connectivity index (χ1) is 22.4. The number of carbonyl (C=O) groups excluding carboxylic acids is 2. The Morgan fingerprint density at radius 3 is 2.47 bits per heavy atom. The van der Waals surface area contributed by atoms with Crippen LogP contribution >= 0.6 is 0 Å². The quantitative estimate of drug-likeness (QED) is 0.184. The third kappa shape index (κ3) is 6.84. The third-order valence-electron chi connectivity index (χ3n) is 7.86. The number of rotatable bonds is 10. The SMILES string of the molecule is CC(C)(O)COc1ccc2c(C(=O)NC3CCC(Oc4nn5cc(-c6ccc(F)nc6)ccc5c4C(N)=O)CC3)nn(C(F)F)c2c1. The van der Waals surface area contributed by atoms with E-state index in [1.165, 1.54) is 35.0 Å². The Kier molecular flexibility index (Phi) is 8.49. The van der Waals surface area contributed by atoms with Crippen LogP contribution in [0.15, 0.2) is 54.9 Å². The van der Waals surface area contributed by atoms with Crippen molar-refractivity contribution in [1.29, 1.82) is 0 Å². The molecule has 0 spiro atoms. The number of hydrogen-bond acceptors (Lipinski definition) is 8.